The molecule has 1 aliphatic rings. The normalized spacial score (nSPS) is 15.1. The SMILES string of the molecule is CCc1nc(C)c(CC(=O)N2CCC(Oc3cccnc3)CC2)c(=O)[nH]1. The first kappa shape index (κ1) is 18.1. The van der Waals surface area contributed by atoms with Crippen molar-refractivity contribution in [3.63, 3.8) is 0 Å². The number of carbonyl (C=O) groups excluding carboxylic acids is 1. The van der Waals surface area contributed by atoms with E-state index in [2.05, 4.69) is 15.0 Å². The maximum absolute atomic E-state index is 12.6. The molecule has 1 saturated heterocycles. The Balaban J connectivity index is 1.57. The van der Waals surface area contributed by atoms with Gasteiger partial charge in [0.15, 0.2) is 0 Å². The molecule has 0 spiro atoms. The second kappa shape index (κ2) is 8.12. The molecule has 0 atom stereocenters. The van der Waals surface area contributed by atoms with E-state index in [4.69, 9.17) is 4.74 Å². The zero-order chi connectivity index (χ0) is 18.5. The van der Waals surface area contributed by atoms with Gasteiger partial charge in [0.2, 0.25) is 5.91 Å². The second-order valence-corrected chi connectivity index (χ2v) is 6.49. The molecule has 7 nitrogen and oxygen atoms in total. The molecule has 26 heavy (non-hydrogen) atoms. The zero-order valence-electron chi connectivity index (χ0n) is 15.2. The topological polar surface area (TPSA) is 88.2 Å². The Labute approximate surface area is 152 Å². The number of nitrogens with zero attached hydrogens (tertiary/aromatic N) is 3. The largest absolute Gasteiger partial charge is 0.489 e. The number of hydrogen-bond donors (Lipinski definition) is 1. The standard InChI is InChI=1S/C19H24N4O3/c1-3-17-21-13(2)16(19(25)22-17)11-18(24)23-9-6-14(7-10-23)26-15-5-4-8-20-12-15/h4-5,8,12,14H,3,6-7,9-11H2,1-2H3,(H,21,22,25). The van der Waals surface area contributed by atoms with Crippen molar-refractivity contribution in [2.45, 2.75) is 45.6 Å². The van der Waals surface area contributed by atoms with Crippen LogP contribution in [0.25, 0.3) is 0 Å². The van der Waals surface area contributed by atoms with E-state index in [0.29, 0.717) is 36.6 Å². The Morgan fingerprint density at radius 3 is 2.77 bits per heavy atom. The van der Waals surface area contributed by atoms with Gasteiger partial charge in [0.05, 0.1) is 12.6 Å². The number of pyridine rings is 1. The lowest BCUT2D eigenvalue weighted by atomic mass is 10.1. The highest BCUT2D eigenvalue weighted by Gasteiger charge is 2.25. The summed E-state index contributed by atoms with van der Waals surface area (Å²) in [6, 6.07) is 3.72. The van der Waals surface area contributed by atoms with Crippen molar-refractivity contribution in [3.05, 3.63) is 52.0 Å². The van der Waals surface area contributed by atoms with E-state index in [9.17, 15) is 9.59 Å². The summed E-state index contributed by atoms with van der Waals surface area (Å²) in [5.74, 6) is 1.36. The third-order valence-electron chi connectivity index (χ3n) is 4.67. The molecule has 0 aliphatic carbocycles. The van der Waals surface area contributed by atoms with Gasteiger partial charge in [-0.05, 0) is 19.1 Å². The van der Waals surface area contributed by atoms with Crippen molar-refractivity contribution in [2.24, 2.45) is 0 Å². The van der Waals surface area contributed by atoms with Crippen LogP contribution in [0.3, 0.4) is 0 Å². The summed E-state index contributed by atoms with van der Waals surface area (Å²) in [5, 5.41) is 0. The molecule has 3 rings (SSSR count). The molecule has 0 bridgehead atoms. The van der Waals surface area contributed by atoms with Crippen LogP contribution in [0.5, 0.6) is 5.75 Å². The van der Waals surface area contributed by atoms with Crippen molar-refractivity contribution >= 4 is 5.91 Å². The molecule has 1 aliphatic heterocycles. The molecule has 2 aromatic heterocycles. The van der Waals surface area contributed by atoms with Gasteiger partial charge in [-0.25, -0.2) is 4.98 Å². The van der Waals surface area contributed by atoms with Gasteiger partial charge in [-0.1, -0.05) is 6.92 Å². The van der Waals surface area contributed by atoms with E-state index < -0.39 is 0 Å². The minimum atomic E-state index is -0.211. The number of ether oxygens (including phenoxy) is 1. The number of H-pyrrole nitrogens is 1. The molecular weight excluding hydrogens is 332 g/mol. The lowest BCUT2D eigenvalue weighted by Gasteiger charge is -2.32. The highest BCUT2D eigenvalue weighted by Crippen LogP contribution is 2.18. The quantitative estimate of drug-likeness (QED) is 0.880. The van der Waals surface area contributed by atoms with Gasteiger partial charge >= 0.3 is 0 Å². The van der Waals surface area contributed by atoms with Crippen molar-refractivity contribution in [2.75, 3.05) is 13.1 Å². The first-order valence-corrected chi connectivity index (χ1v) is 9.00. The van der Waals surface area contributed by atoms with Crippen LogP contribution in [0.4, 0.5) is 0 Å². The van der Waals surface area contributed by atoms with E-state index in [0.717, 1.165) is 18.6 Å². The van der Waals surface area contributed by atoms with Crippen LogP contribution in [0, 0.1) is 6.92 Å². The minimum absolute atomic E-state index is 0.0375. The maximum atomic E-state index is 12.6. The fraction of sp³-hybridized carbons (Fsp3) is 0.474. The smallest absolute Gasteiger partial charge is 0.254 e. The fourth-order valence-corrected chi connectivity index (χ4v) is 3.14. The first-order valence-electron chi connectivity index (χ1n) is 9.00. The molecule has 0 radical (unpaired) electrons. The third-order valence-corrected chi connectivity index (χ3v) is 4.67. The van der Waals surface area contributed by atoms with Crippen LogP contribution in [0.1, 0.15) is 36.8 Å². The number of piperidine rings is 1. The summed E-state index contributed by atoms with van der Waals surface area (Å²) >= 11 is 0. The average molecular weight is 356 g/mol. The first-order chi connectivity index (χ1) is 12.6. The number of aromatic amines is 1. The van der Waals surface area contributed by atoms with E-state index in [1.54, 1.807) is 24.2 Å². The molecule has 1 fully saturated rings. The van der Waals surface area contributed by atoms with E-state index in [1.807, 2.05) is 19.1 Å². The second-order valence-electron chi connectivity index (χ2n) is 6.49. The predicted molar refractivity (Wildman–Crippen MR) is 97.1 cm³/mol. The summed E-state index contributed by atoms with van der Waals surface area (Å²) in [5.41, 5.74) is 0.882. The zero-order valence-corrected chi connectivity index (χ0v) is 15.2. The van der Waals surface area contributed by atoms with Crippen LogP contribution in [0.2, 0.25) is 0 Å². The number of likely N-dealkylation sites (tertiary alicyclic amines) is 1. The third kappa shape index (κ3) is 4.28. The van der Waals surface area contributed by atoms with Gasteiger partial charge in [-0.3, -0.25) is 14.6 Å². The van der Waals surface area contributed by atoms with Gasteiger partial charge in [-0.2, -0.15) is 0 Å². The van der Waals surface area contributed by atoms with E-state index >= 15 is 0 Å². The molecule has 7 heteroatoms. The Morgan fingerprint density at radius 2 is 2.15 bits per heavy atom. The Kier molecular flexibility index (Phi) is 5.65. The van der Waals surface area contributed by atoms with Gasteiger partial charge in [0.25, 0.3) is 5.56 Å². The lowest BCUT2D eigenvalue weighted by molar-refractivity contribution is -0.132. The molecule has 1 amide bonds. The number of nitrogens with one attached hydrogen (secondary N) is 1. The highest BCUT2D eigenvalue weighted by atomic mass is 16.5. The van der Waals surface area contributed by atoms with E-state index in [1.165, 1.54) is 0 Å². The molecule has 0 unspecified atom stereocenters. The number of aryl methyl sites for hydroxylation is 2. The van der Waals surface area contributed by atoms with Crippen LogP contribution in [-0.2, 0) is 17.6 Å². The van der Waals surface area contributed by atoms with Gasteiger partial charge in [0, 0.05) is 49.8 Å². The Bertz CT molecular complexity index is 811. The molecule has 138 valence electrons. The predicted octanol–water partition coefficient (Wildman–Crippen LogP) is 1.65. The number of rotatable bonds is 5. The highest BCUT2D eigenvalue weighted by molar-refractivity contribution is 5.79. The maximum Gasteiger partial charge on any atom is 0.254 e. The number of carbonyl (C=O) groups is 1. The number of hydrogen-bond acceptors (Lipinski definition) is 5. The summed E-state index contributed by atoms with van der Waals surface area (Å²) in [6.07, 6.45) is 5.77. The number of amides is 1. The van der Waals surface area contributed by atoms with Gasteiger partial charge < -0.3 is 14.6 Å². The Hall–Kier alpha value is -2.70. The van der Waals surface area contributed by atoms with Crippen LogP contribution in [-0.4, -0.2) is 45.0 Å². The molecule has 0 saturated carbocycles. The fourth-order valence-electron chi connectivity index (χ4n) is 3.14. The minimum Gasteiger partial charge on any atom is -0.489 e. The van der Waals surface area contributed by atoms with E-state index in [-0.39, 0.29) is 24.0 Å². The van der Waals surface area contributed by atoms with Gasteiger partial charge in [0.1, 0.15) is 17.7 Å². The number of aromatic nitrogens is 3. The van der Waals surface area contributed by atoms with Crippen molar-refractivity contribution in [3.8, 4) is 5.75 Å². The van der Waals surface area contributed by atoms with Gasteiger partial charge in [-0.15, -0.1) is 0 Å². The monoisotopic (exact) mass is 356 g/mol. The summed E-state index contributed by atoms with van der Waals surface area (Å²) in [6.45, 7) is 4.97. The lowest BCUT2D eigenvalue weighted by Crippen LogP contribution is -2.43. The van der Waals surface area contributed by atoms with Crippen molar-refractivity contribution in [1.29, 1.82) is 0 Å². The van der Waals surface area contributed by atoms with Crippen molar-refractivity contribution in [1.82, 2.24) is 19.9 Å². The van der Waals surface area contributed by atoms with Crippen LogP contribution < -0.4 is 10.3 Å². The average Bonchev–Trinajstić information content (AvgIpc) is 2.65. The van der Waals surface area contributed by atoms with Crippen molar-refractivity contribution < 1.29 is 9.53 Å². The summed E-state index contributed by atoms with van der Waals surface area (Å²) in [4.78, 5) is 37.7. The Morgan fingerprint density at radius 1 is 1.38 bits per heavy atom. The van der Waals surface area contributed by atoms with Crippen LogP contribution in [0.15, 0.2) is 29.3 Å². The summed E-state index contributed by atoms with van der Waals surface area (Å²) in [7, 11) is 0. The van der Waals surface area contributed by atoms with Crippen LogP contribution >= 0.6 is 0 Å². The molecule has 3 heterocycles. The molecular formula is C19H24N4O3. The molecule has 2 aromatic rings. The molecule has 1 N–H and O–H groups in total. The summed E-state index contributed by atoms with van der Waals surface area (Å²) < 4.78 is 5.90. The molecule has 0 aromatic carbocycles.